The molecular formula is C10H18P. The van der Waals surface area contributed by atoms with E-state index in [1.54, 1.807) is 6.42 Å². The van der Waals surface area contributed by atoms with E-state index in [9.17, 15) is 0 Å². The first kappa shape index (κ1) is 8.05. The summed E-state index contributed by atoms with van der Waals surface area (Å²) in [6, 6.07) is 0. The van der Waals surface area contributed by atoms with Crippen LogP contribution in [-0.2, 0) is 0 Å². The van der Waals surface area contributed by atoms with Crippen LogP contribution in [0.2, 0.25) is 0 Å². The van der Waals surface area contributed by atoms with Gasteiger partial charge in [-0.15, -0.1) is 8.58 Å². The Balaban J connectivity index is 1.96. The molecule has 0 amide bonds. The summed E-state index contributed by atoms with van der Waals surface area (Å²) in [6.07, 6.45) is 12.1. The predicted molar refractivity (Wildman–Crippen MR) is 52.2 cm³/mol. The molecule has 1 heteroatoms. The van der Waals surface area contributed by atoms with Gasteiger partial charge in [-0.1, -0.05) is 25.7 Å². The maximum atomic E-state index is 1.92. The normalized spacial score (nSPS) is 36.5. The monoisotopic (exact) mass is 169 g/mol. The van der Waals surface area contributed by atoms with E-state index in [-0.39, 0.29) is 0 Å². The molecule has 0 aromatic rings. The van der Waals surface area contributed by atoms with Gasteiger partial charge >= 0.3 is 0 Å². The molecule has 0 aromatic carbocycles. The Morgan fingerprint density at radius 1 is 1.00 bits per heavy atom. The predicted octanol–water partition coefficient (Wildman–Crippen LogP) is 3.57. The van der Waals surface area contributed by atoms with Crippen LogP contribution in [0.15, 0.2) is 0 Å². The van der Waals surface area contributed by atoms with Gasteiger partial charge < -0.3 is 0 Å². The lowest BCUT2D eigenvalue weighted by molar-refractivity contribution is 0.384. The van der Waals surface area contributed by atoms with Crippen LogP contribution in [0.1, 0.15) is 44.9 Å². The third-order valence-corrected chi connectivity index (χ3v) is 4.65. The quantitative estimate of drug-likeness (QED) is 0.486. The molecule has 2 heterocycles. The zero-order chi connectivity index (χ0) is 7.52. The SMILES string of the molecule is C1C[C]2CCCC(C1)CCP2. The highest BCUT2D eigenvalue weighted by molar-refractivity contribution is 7.41. The summed E-state index contributed by atoms with van der Waals surface area (Å²) in [5.41, 5.74) is 1.92. The van der Waals surface area contributed by atoms with E-state index in [2.05, 4.69) is 0 Å². The second-order valence-electron chi connectivity index (χ2n) is 3.97. The van der Waals surface area contributed by atoms with E-state index in [4.69, 9.17) is 0 Å². The van der Waals surface area contributed by atoms with Gasteiger partial charge in [-0.3, -0.25) is 0 Å². The van der Waals surface area contributed by atoms with E-state index >= 15 is 0 Å². The van der Waals surface area contributed by atoms with Crippen molar-refractivity contribution in [2.24, 2.45) is 5.92 Å². The van der Waals surface area contributed by atoms with Crippen LogP contribution < -0.4 is 0 Å². The Hall–Kier alpha value is 0.430. The summed E-state index contributed by atoms with van der Waals surface area (Å²) in [7, 11) is 1.24. The van der Waals surface area contributed by atoms with Gasteiger partial charge in [0, 0.05) is 0 Å². The number of hydrogen-bond donors (Lipinski definition) is 0. The summed E-state index contributed by atoms with van der Waals surface area (Å²) >= 11 is 0. The lowest BCUT2D eigenvalue weighted by atomic mass is 9.89. The lowest BCUT2D eigenvalue weighted by Crippen LogP contribution is -2.11. The zero-order valence-electron chi connectivity index (χ0n) is 7.23. The molecule has 1 atom stereocenters. The second-order valence-corrected chi connectivity index (χ2v) is 5.53. The van der Waals surface area contributed by atoms with Gasteiger partial charge in [0.2, 0.25) is 0 Å². The molecule has 3 rings (SSSR count). The molecule has 3 aliphatic rings. The Bertz CT molecular complexity index is 86.3. The highest BCUT2D eigenvalue weighted by Gasteiger charge is 2.20. The van der Waals surface area contributed by atoms with Crippen LogP contribution >= 0.6 is 8.58 Å². The Morgan fingerprint density at radius 3 is 2.45 bits per heavy atom. The minimum atomic E-state index is 1.12. The van der Waals surface area contributed by atoms with Crippen LogP contribution in [-0.4, -0.2) is 6.16 Å². The van der Waals surface area contributed by atoms with Crippen LogP contribution in [0.25, 0.3) is 0 Å². The minimum Gasteiger partial charge on any atom is -0.115 e. The molecule has 1 saturated carbocycles. The lowest BCUT2D eigenvalue weighted by Gasteiger charge is -2.28. The largest absolute Gasteiger partial charge is 0.115 e. The smallest absolute Gasteiger partial charge is 0.00287 e. The van der Waals surface area contributed by atoms with E-state index in [0.29, 0.717) is 0 Å². The summed E-state index contributed by atoms with van der Waals surface area (Å²) in [5, 5.41) is 0. The first-order valence-corrected chi connectivity index (χ1v) is 6.24. The molecule has 0 N–H and O–H groups in total. The van der Waals surface area contributed by atoms with Crippen LogP contribution in [0.5, 0.6) is 0 Å². The van der Waals surface area contributed by atoms with Crippen LogP contribution in [0, 0.1) is 11.6 Å². The summed E-state index contributed by atoms with van der Waals surface area (Å²) in [5.74, 6) is 1.12. The Labute approximate surface area is 71.9 Å². The first-order valence-electron chi connectivity index (χ1n) is 5.04. The fourth-order valence-electron chi connectivity index (χ4n) is 2.40. The molecular weight excluding hydrogens is 151 g/mol. The summed E-state index contributed by atoms with van der Waals surface area (Å²) in [6.45, 7) is 0. The molecule has 1 radical (unpaired) electrons. The first-order chi connectivity index (χ1) is 5.45. The van der Waals surface area contributed by atoms with Gasteiger partial charge in [0.05, 0.1) is 0 Å². The van der Waals surface area contributed by atoms with Gasteiger partial charge in [0.1, 0.15) is 0 Å². The zero-order valence-corrected chi connectivity index (χ0v) is 8.23. The fourth-order valence-corrected chi connectivity index (χ4v) is 4.01. The molecule has 0 aromatic heterocycles. The topological polar surface area (TPSA) is 0 Å². The average Bonchev–Trinajstić information content (AvgIpc) is 1.80. The van der Waals surface area contributed by atoms with Crippen molar-refractivity contribution in [1.82, 2.24) is 0 Å². The van der Waals surface area contributed by atoms with Crippen molar-refractivity contribution < 1.29 is 0 Å². The van der Waals surface area contributed by atoms with Crippen molar-refractivity contribution >= 4 is 8.58 Å². The van der Waals surface area contributed by atoms with E-state index < -0.39 is 0 Å². The van der Waals surface area contributed by atoms with Gasteiger partial charge in [0.25, 0.3) is 0 Å². The van der Waals surface area contributed by atoms with Crippen molar-refractivity contribution in [3.63, 3.8) is 0 Å². The molecule has 1 aliphatic carbocycles. The molecule has 1 unspecified atom stereocenters. The van der Waals surface area contributed by atoms with E-state index in [1.165, 1.54) is 53.3 Å². The molecule has 3 fully saturated rings. The number of hydrogen-bond acceptors (Lipinski definition) is 0. The number of rotatable bonds is 0. The molecule has 2 aliphatic heterocycles. The standard InChI is InChI=1S/C10H18P/c1-3-9-4-2-6-10(5-1)11-8-7-9/h9,11H,1-8H2. The van der Waals surface area contributed by atoms with Gasteiger partial charge in [-0.2, -0.15) is 0 Å². The van der Waals surface area contributed by atoms with Crippen molar-refractivity contribution in [3.05, 3.63) is 5.66 Å². The summed E-state index contributed by atoms with van der Waals surface area (Å²) < 4.78 is 0. The third-order valence-electron chi connectivity index (χ3n) is 3.11. The van der Waals surface area contributed by atoms with Crippen molar-refractivity contribution in [2.45, 2.75) is 44.9 Å². The van der Waals surface area contributed by atoms with Gasteiger partial charge in [0.15, 0.2) is 0 Å². The maximum absolute atomic E-state index is 1.92. The van der Waals surface area contributed by atoms with Crippen molar-refractivity contribution in [2.75, 3.05) is 6.16 Å². The molecule has 2 bridgehead atoms. The summed E-state index contributed by atoms with van der Waals surface area (Å²) in [4.78, 5) is 0. The molecule has 11 heavy (non-hydrogen) atoms. The maximum Gasteiger partial charge on any atom is -0.00287 e. The molecule has 2 saturated heterocycles. The highest BCUT2D eigenvalue weighted by atomic mass is 31.1. The van der Waals surface area contributed by atoms with E-state index in [1.807, 2.05) is 5.66 Å². The number of fused-ring (bicyclic) bond motifs is 6. The molecule has 63 valence electrons. The van der Waals surface area contributed by atoms with Gasteiger partial charge in [-0.25, -0.2) is 0 Å². The molecule has 0 spiro atoms. The van der Waals surface area contributed by atoms with Gasteiger partial charge in [-0.05, 0) is 37.0 Å². The molecule has 0 nitrogen and oxygen atoms in total. The van der Waals surface area contributed by atoms with Crippen LogP contribution in [0.4, 0.5) is 0 Å². The van der Waals surface area contributed by atoms with E-state index in [0.717, 1.165) is 5.92 Å². The van der Waals surface area contributed by atoms with Crippen LogP contribution in [0.3, 0.4) is 0 Å². The Morgan fingerprint density at radius 2 is 1.73 bits per heavy atom. The average molecular weight is 169 g/mol. The Kier molecular flexibility index (Phi) is 2.85. The minimum absolute atomic E-state index is 1.12. The van der Waals surface area contributed by atoms with Crippen molar-refractivity contribution in [1.29, 1.82) is 0 Å². The van der Waals surface area contributed by atoms with Crippen molar-refractivity contribution in [3.8, 4) is 0 Å². The third kappa shape index (κ3) is 2.18. The second kappa shape index (κ2) is 3.90. The highest BCUT2D eigenvalue weighted by Crippen LogP contribution is 2.43. The fraction of sp³-hybridized carbons (Fsp3) is 0.900.